The van der Waals surface area contributed by atoms with Crippen LogP contribution >= 0.6 is 0 Å². The lowest BCUT2D eigenvalue weighted by molar-refractivity contribution is -0.0511. The molecule has 0 saturated carbocycles. The van der Waals surface area contributed by atoms with E-state index >= 15 is 0 Å². The Morgan fingerprint density at radius 2 is 2.08 bits per heavy atom. The molecule has 1 unspecified atom stereocenters. The zero-order valence-electron chi connectivity index (χ0n) is 13.3. The second-order valence-electron chi connectivity index (χ2n) is 5.89. The standard InChI is InChI=1S/C14H17N7O4/c1-20-3-6(2-17-20)12-18-11(15)8-13(19-12)21(5-16-8)14-10(24)9(23)7(4-22)25-14/h2-3,5,7,9-10,14,22-24H,4H2,1H3,(H2,15,18,19)/t7-,9-,10-,14?/m1/s1. The molecule has 132 valence electrons. The summed E-state index contributed by atoms with van der Waals surface area (Å²) >= 11 is 0. The predicted molar refractivity (Wildman–Crippen MR) is 84.9 cm³/mol. The number of hydrogen-bond donors (Lipinski definition) is 4. The Bertz CT molecular complexity index is 923. The van der Waals surface area contributed by atoms with E-state index in [2.05, 4.69) is 20.1 Å². The summed E-state index contributed by atoms with van der Waals surface area (Å²) in [4.78, 5) is 12.9. The average molecular weight is 347 g/mol. The van der Waals surface area contributed by atoms with Gasteiger partial charge in [0.15, 0.2) is 23.5 Å². The highest BCUT2D eigenvalue weighted by atomic mass is 16.6. The van der Waals surface area contributed by atoms with Crippen LogP contribution in [0.3, 0.4) is 0 Å². The van der Waals surface area contributed by atoms with E-state index in [4.69, 9.17) is 10.5 Å². The predicted octanol–water partition coefficient (Wildman–Crippen LogP) is -1.58. The number of aliphatic hydroxyl groups excluding tert-OH is 3. The smallest absolute Gasteiger partial charge is 0.168 e. The van der Waals surface area contributed by atoms with Gasteiger partial charge in [0.25, 0.3) is 0 Å². The molecule has 0 bridgehead atoms. The van der Waals surface area contributed by atoms with Crippen LogP contribution < -0.4 is 5.73 Å². The SMILES string of the molecule is Cn1cc(-c2nc(N)c3ncn(C4O[C@H](CO)[C@@H](O)[C@H]4O)c3n2)cn1. The van der Waals surface area contributed by atoms with Gasteiger partial charge in [-0.1, -0.05) is 0 Å². The molecule has 1 aliphatic heterocycles. The Morgan fingerprint density at radius 3 is 2.72 bits per heavy atom. The fourth-order valence-electron chi connectivity index (χ4n) is 2.90. The number of anilines is 1. The second kappa shape index (κ2) is 5.74. The lowest BCUT2D eigenvalue weighted by Gasteiger charge is -2.16. The molecule has 0 radical (unpaired) electrons. The van der Waals surface area contributed by atoms with Gasteiger partial charge in [-0.05, 0) is 0 Å². The Morgan fingerprint density at radius 1 is 1.28 bits per heavy atom. The first-order valence-corrected chi connectivity index (χ1v) is 7.61. The summed E-state index contributed by atoms with van der Waals surface area (Å²) in [7, 11) is 1.77. The number of imidazole rings is 1. The van der Waals surface area contributed by atoms with Crippen LogP contribution in [0.15, 0.2) is 18.7 Å². The fraction of sp³-hybridized carbons (Fsp3) is 0.429. The van der Waals surface area contributed by atoms with Gasteiger partial charge in [0, 0.05) is 13.2 Å². The molecule has 4 atom stereocenters. The number of aryl methyl sites for hydroxylation is 1. The molecule has 4 heterocycles. The quantitative estimate of drug-likeness (QED) is 0.439. The number of nitrogens with two attached hydrogens (primary N) is 1. The molecule has 5 N–H and O–H groups in total. The van der Waals surface area contributed by atoms with Crippen LogP contribution in [0.2, 0.25) is 0 Å². The maximum Gasteiger partial charge on any atom is 0.168 e. The molecule has 0 spiro atoms. The molecule has 3 aromatic heterocycles. The number of aromatic nitrogens is 6. The van der Waals surface area contributed by atoms with E-state index in [0.29, 0.717) is 22.6 Å². The minimum Gasteiger partial charge on any atom is -0.394 e. The number of rotatable bonds is 3. The van der Waals surface area contributed by atoms with Crippen LogP contribution in [0, 0.1) is 0 Å². The number of ether oxygens (including phenoxy) is 1. The van der Waals surface area contributed by atoms with Crippen molar-refractivity contribution in [2.24, 2.45) is 7.05 Å². The molecule has 11 heteroatoms. The molecule has 0 amide bonds. The third kappa shape index (κ3) is 2.44. The summed E-state index contributed by atoms with van der Waals surface area (Å²) in [5.41, 5.74) is 7.35. The zero-order chi connectivity index (χ0) is 17.7. The van der Waals surface area contributed by atoms with Gasteiger partial charge in [-0.25, -0.2) is 15.0 Å². The number of nitrogen functional groups attached to an aromatic ring is 1. The summed E-state index contributed by atoms with van der Waals surface area (Å²) in [6.07, 6.45) is 0.449. The van der Waals surface area contributed by atoms with E-state index < -0.39 is 31.1 Å². The Kier molecular flexibility index (Phi) is 3.65. The number of fused-ring (bicyclic) bond motifs is 1. The first-order valence-electron chi connectivity index (χ1n) is 7.61. The van der Waals surface area contributed by atoms with E-state index in [0.717, 1.165) is 0 Å². The fourth-order valence-corrected chi connectivity index (χ4v) is 2.90. The van der Waals surface area contributed by atoms with Crippen molar-refractivity contribution in [1.29, 1.82) is 0 Å². The van der Waals surface area contributed by atoms with Crippen molar-refractivity contribution in [2.45, 2.75) is 24.5 Å². The third-order valence-electron chi connectivity index (χ3n) is 4.20. The van der Waals surface area contributed by atoms with Crippen molar-refractivity contribution in [3.05, 3.63) is 18.7 Å². The summed E-state index contributed by atoms with van der Waals surface area (Å²) in [5, 5.41) is 33.5. The van der Waals surface area contributed by atoms with Crippen LogP contribution in [-0.2, 0) is 11.8 Å². The average Bonchev–Trinajstić information content (AvgIpc) is 3.27. The van der Waals surface area contributed by atoms with Crippen LogP contribution in [0.5, 0.6) is 0 Å². The first kappa shape index (κ1) is 15.9. The van der Waals surface area contributed by atoms with Gasteiger partial charge in [-0.3, -0.25) is 9.25 Å². The van der Waals surface area contributed by atoms with Crippen molar-refractivity contribution in [1.82, 2.24) is 29.3 Å². The lowest BCUT2D eigenvalue weighted by atomic mass is 10.1. The maximum atomic E-state index is 10.2. The number of nitrogens with zero attached hydrogens (tertiary/aromatic N) is 6. The van der Waals surface area contributed by atoms with Gasteiger partial charge in [0.1, 0.15) is 23.8 Å². The van der Waals surface area contributed by atoms with Gasteiger partial charge in [0.05, 0.1) is 24.7 Å². The highest BCUT2D eigenvalue weighted by Gasteiger charge is 2.44. The van der Waals surface area contributed by atoms with E-state index in [-0.39, 0.29) is 5.82 Å². The molecule has 1 saturated heterocycles. The molecule has 0 aromatic carbocycles. The molecule has 1 fully saturated rings. The molecule has 0 aliphatic carbocycles. The minimum absolute atomic E-state index is 0.175. The maximum absolute atomic E-state index is 10.2. The molecular formula is C14H17N7O4. The molecule has 3 aromatic rings. The molecule has 4 rings (SSSR count). The van der Waals surface area contributed by atoms with Crippen molar-refractivity contribution in [2.75, 3.05) is 12.3 Å². The zero-order valence-corrected chi connectivity index (χ0v) is 13.3. The monoisotopic (exact) mass is 347 g/mol. The van der Waals surface area contributed by atoms with Gasteiger partial charge in [-0.15, -0.1) is 0 Å². The largest absolute Gasteiger partial charge is 0.394 e. The molecule has 11 nitrogen and oxygen atoms in total. The van der Waals surface area contributed by atoms with E-state index in [1.165, 1.54) is 10.9 Å². The first-order chi connectivity index (χ1) is 12.0. The van der Waals surface area contributed by atoms with Crippen LogP contribution in [0.25, 0.3) is 22.6 Å². The number of hydrogen-bond acceptors (Lipinski definition) is 9. The van der Waals surface area contributed by atoms with Crippen LogP contribution in [-0.4, -0.2) is 69.5 Å². The van der Waals surface area contributed by atoms with Crippen LogP contribution in [0.1, 0.15) is 6.23 Å². The van der Waals surface area contributed by atoms with Gasteiger partial charge >= 0.3 is 0 Å². The van der Waals surface area contributed by atoms with E-state index in [1.807, 2.05) is 0 Å². The van der Waals surface area contributed by atoms with Gasteiger partial charge in [0.2, 0.25) is 0 Å². The van der Waals surface area contributed by atoms with Crippen molar-refractivity contribution >= 4 is 17.0 Å². The van der Waals surface area contributed by atoms with Crippen molar-refractivity contribution < 1.29 is 20.1 Å². The topological polar surface area (TPSA) is 157 Å². The summed E-state index contributed by atoms with van der Waals surface area (Å²) in [5.74, 6) is 0.529. The normalized spacial score (nSPS) is 26.6. The highest BCUT2D eigenvalue weighted by Crippen LogP contribution is 2.32. The number of aliphatic hydroxyl groups is 3. The third-order valence-corrected chi connectivity index (χ3v) is 4.20. The lowest BCUT2D eigenvalue weighted by Crippen LogP contribution is -2.33. The minimum atomic E-state index is -1.24. The van der Waals surface area contributed by atoms with E-state index in [1.54, 1.807) is 24.1 Å². The summed E-state index contributed by atoms with van der Waals surface area (Å²) < 4.78 is 8.61. The molecular weight excluding hydrogens is 330 g/mol. The second-order valence-corrected chi connectivity index (χ2v) is 5.89. The van der Waals surface area contributed by atoms with Crippen molar-refractivity contribution in [3.8, 4) is 11.4 Å². The Labute approximate surface area is 141 Å². The Hall–Kier alpha value is -2.60. The van der Waals surface area contributed by atoms with Crippen LogP contribution in [0.4, 0.5) is 5.82 Å². The summed E-state index contributed by atoms with van der Waals surface area (Å²) in [6, 6.07) is 0. The highest BCUT2D eigenvalue weighted by molar-refractivity contribution is 5.83. The van der Waals surface area contributed by atoms with E-state index in [9.17, 15) is 15.3 Å². The van der Waals surface area contributed by atoms with Gasteiger partial charge < -0.3 is 25.8 Å². The van der Waals surface area contributed by atoms with Crippen molar-refractivity contribution in [3.63, 3.8) is 0 Å². The van der Waals surface area contributed by atoms with Gasteiger partial charge in [-0.2, -0.15) is 5.10 Å². The summed E-state index contributed by atoms with van der Waals surface area (Å²) in [6.45, 7) is -0.417. The molecule has 1 aliphatic rings. The Balaban J connectivity index is 1.82. The molecule has 25 heavy (non-hydrogen) atoms.